The first-order valence-corrected chi connectivity index (χ1v) is 10.4. The van der Waals surface area contributed by atoms with E-state index in [-0.39, 0.29) is 12.1 Å². The van der Waals surface area contributed by atoms with Crippen LogP contribution in [0.1, 0.15) is 12.2 Å². The van der Waals surface area contributed by atoms with E-state index < -0.39 is 0 Å². The van der Waals surface area contributed by atoms with Crippen molar-refractivity contribution in [3.05, 3.63) is 60.4 Å². The number of nitrogens with zero attached hydrogens (tertiary/aromatic N) is 3. The number of methoxy groups -OCH3 is 2. The monoisotopic (exact) mass is 419 g/mol. The van der Waals surface area contributed by atoms with E-state index in [1.807, 2.05) is 54.6 Å². The average molecular weight is 420 g/mol. The van der Waals surface area contributed by atoms with Crippen LogP contribution in [0.5, 0.6) is 11.5 Å². The highest BCUT2D eigenvalue weighted by molar-refractivity contribution is 5.68. The molecular weight excluding hydrogens is 390 g/mol. The maximum atomic E-state index is 6.18. The van der Waals surface area contributed by atoms with Gasteiger partial charge >= 0.3 is 0 Å². The summed E-state index contributed by atoms with van der Waals surface area (Å²) in [5.74, 6) is 2.37. The number of likely N-dealkylation sites (tertiary alicyclic amines) is 1. The maximum Gasteiger partial charge on any atom is 0.143 e. The Morgan fingerprint density at radius 2 is 1.26 bits per heavy atom. The van der Waals surface area contributed by atoms with E-state index >= 15 is 0 Å². The summed E-state index contributed by atoms with van der Waals surface area (Å²) in [4.78, 5) is 12.0. The van der Waals surface area contributed by atoms with Crippen molar-refractivity contribution < 1.29 is 9.47 Å². The van der Waals surface area contributed by atoms with Crippen LogP contribution in [0.25, 0.3) is 22.5 Å². The van der Waals surface area contributed by atoms with Crippen LogP contribution in [0.3, 0.4) is 0 Å². The van der Waals surface area contributed by atoms with Crippen molar-refractivity contribution in [3.8, 4) is 34.0 Å². The van der Waals surface area contributed by atoms with Gasteiger partial charge in [-0.1, -0.05) is 0 Å². The molecule has 7 heteroatoms. The third-order valence-electron chi connectivity index (χ3n) is 5.50. The van der Waals surface area contributed by atoms with E-state index in [0.717, 1.165) is 59.3 Å². The zero-order valence-electron chi connectivity index (χ0n) is 18.0. The molecule has 1 fully saturated rings. The van der Waals surface area contributed by atoms with Gasteiger partial charge in [-0.25, -0.2) is 9.97 Å². The van der Waals surface area contributed by atoms with Gasteiger partial charge in [-0.15, -0.1) is 0 Å². The fraction of sp³-hybridized carbons (Fsp3) is 0.333. The van der Waals surface area contributed by atoms with E-state index in [1.165, 1.54) is 0 Å². The van der Waals surface area contributed by atoms with Crippen LogP contribution < -0.4 is 20.9 Å². The van der Waals surface area contributed by atoms with Crippen molar-refractivity contribution in [1.29, 1.82) is 0 Å². The largest absolute Gasteiger partial charge is 0.497 e. The van der Waals surface area contributed by atoms with E-state index in [9.17, 15) is 0 Å². The van der Waals surface area contributed by atoms with Gasteiger partial charge in [0.2, 0.25) is 0 Å². The lowest BCUT2D eigenvalue weighted by molar-refractivity contribution is 0.179. The molecule has 2 atom stereocenters. The molecule has 0 saturated carbocycles. The smallest absolute Gasteiger partial charge is 0.143 e. The zero-order chi connectivity index (χ0) is 21.8. The zero-order valence-corrected chi connectivity index (χ0v) is 18.0. The Morgan fingerprint density at radius 3 is 1.68 bits per heavy atom. The predicted molar refractivity (Wildman–Crippen MR) is 122 cm³/mol. The Balaban J connectivity index is 1.70. The van der Waals surface area contributed by atoms with Gasteiger partial charge in [0, 0.05) is 36.3 Å². The number of nitrogens with two attached hydrogens (primary N) is 2. The Bertz CT molecular complexity index is 932. The van der Waals surface area contributed by atoms with Crippen LogP contribution in [0.4, 0.5) is 0 Å². The van der Waals surface area contributed by atoms with Crippen molar-refractivity contribution in [1.82, 2.24) is 14.9 Å². The molecule has 3 aromatic rings. The molecule has 2 aromatic carbocycles. The fourth-order valence-corrected chi connectivity index (χ4v) is 3.99. The van der Waals surface area contributed by atoms with Crippen LogP contribution in [0.2, 0.25) is 0 Å². The quantitative estimate of drug-likeness (QED) is 0.634. The molecule has 31 heavy (non-hydrogen) atoms. The third kappa shape index (κ3) is 5.19. The highest BCUT2D eigenvalue weighted by Crippen LogP contribution is 2.27. The third-order valence-corrected chi connectivity index (χ3v) is 5.50. The van der Waals surface area contributed by atoms with Gasteiger partial charge < -0.3 is 20.9 Å². The minimum Gasteiger partial charge on any atom is -0.497 e. The number of aromatic nitrogens is 2. The van der Waals surface area contributed by atoms with E-state index in [1.54, 1.807) is 14.2 Å². The lowest BCUT2D eigenvalue weighted by atomic mass is 10.0. The molecule has 4 rings (SSSR count). The molecule has 7 nitrogen and oxygen atoms in total. The number of piperidine rings is 1. The average Bonchev–Trinajstić information content (AvgIpc) is 2.78. The van der Waals surface area contributed by atoms with Gasteiger partial charge in [-0.3, -0.25) is 4.90 Å². The molecule has 1 saturated heterocycles. The molecule has 0 radical (unpaired) electrons. The van der Waals surface area contributed by atoms with E-state index in [0.29, 0.717) is 6.54 Å². The number of benzene rings is 2. The molecule has 0 amide bonds. The van der Waals surface area contributed by atoms with Crippen molar-refractivity contribution in [3.63, 3.8) is 0 Å². The molecule has 2 heterocycles. The van der Waals surface area contributed by atoms with Crippen LogP contribution in [0, 0.1) is 0 Å². The van der Waals surface area contributed by atoms with Gasteiger partial charge in [-0.05, 0) is 61.0 Å². The fourth-order valence-electron chi connectivity index (χ4n) is 3.99. The molecule has 1 aliphatic rings. The Morgan fingerprint density at radius 1 is 0.806 bits per heavy atom. The predicted octanol–water partition coefficient (Wildman–Crippen LogP) is 2.69. The molecule has 0 spiro atoms. The first-order valence-electron chi connectivity index (χ1n) is 10.4. The summed E-state index contributed by atoms with van der Waals surface area (Å²) in [6.45, 7) is 2.19. The summed E-state index contributed by atoms with van der Waals surface area (Å²) < 4.78 is 10.6. The van der Waals surface area contributed by atoms with Crippen molar-refractivity contribution in [2.75, 3.05) is 27.3 Å². The van der Waals surface area contributed by atoms with Gasteiger partial charge in [0.1, 0.15) is 17.3 Å². The van der Waals surface area contributed by atoms with Gasteiger partial charge in [0.05, 0.1) is 32.2 Å². The van der Waals surface area contributed by atoms with Crippen LogP contribution in [-0.4, -0.2) is 54.3 Å². The van der Waals surface area contributed by atoms with Crippen LogP contribution >= 0.6 is 0 Å². The highest BCUT2D eigenvalue weighted by Gasteiger charge is 2.23. The number of rotatable bonds is 6. The number of hydrogen-bond acceptors (Lipinski definition) is 7. The Hall–Kier alpha value is -3.00. The summed E-state index contributed by atoms with van der Waals surface area (Å²) >= 11 is 0. The molecule has 0 unspecified atom stereocenters. The Labute approximate surface area is 183 Å². The van der Waals surface area contributed by atoms with Crippen molar-refractivity contribution in [2.45, 2.75) is 25.0 Å². The molecule has 0 aliphatic carbocycles. The summed E-state index contributed by atoms with van der Waals surface area (Å²) in [6, 6.07) is 18.0. The summed E-state index contributed by atoms with van der Waals surface area (Å²) in [5.41, 5.74) is 16.1. The second-order valence-electron chi connectivity index (χ2n) is 7.96. The summed E-state index contributed by atoms with van der Waals surface area (Å²) in [7, 11) is 3.32. The normalized spacial score (nSPS) is 19.2. The first-order chi connectivity index (χ1) is 15.0. The van der Waals surface area contributed by atoms with E-state index in [2.05, 4.69) is 4.90 Å². The van der Waals surface area contributed by atoms with Crippen molar-refractivity contribution >= 4 is 0 Å². The second kappa shape index (κ2) is 9.43. The number of ether oxygens (including phenoxy) is 2. The maximum absolute atomic E-state index is 6.18. The van der Waals surface area contributed by atoms with E-state index in [4.69, 9.17) is 30.9 Å². The minimum absolute atomic E-state index is 0.0783. The highest BCUT2D eigenvalue weighted by atomic mass is 16.5. The molecule has 0 bridgehead atoms. The van der Waals surface area contributed by atoms with Gasteiger partial charge in [0.15, 0.2) is 0 Å². The van der Waals surface area contributed by atoms with Gasteiger partial charge in [-0.2, -0.15) is 0 Å². The number of hydrogen-bond donors (Lipinski definition) is 2. The molecule has 4 N–H and O–H groups in total. The lowest BCUT2D eigenvalue weighted by Crippen LogP contribution is -2.51. The summed E-state index contributed by atoms with van der Waals surface area (Å²) in [5, 5.41) is 0. The van der Waals surface area contributed by atoms with Gasteiger partial charge in [0.25, 0.3) is 0 Å². The minimum atomic E-state index is 0.0783. The first kappa shape index (κ1) is 21.2. The molecule has 162 valence electrons. The SMILES string of the molecule is COc1ccc(-c2cc(-c3ccc(OC)cc3)nc(CN3C[C@H](N)C[C@H](N)C3)n2)cc1. The molecule has 1 aromatic heterocycles. The second-order valence-corrected chi connectivity index (χ2v) is 7.96. The van der Waals surface area contributed by atoms with Crippen molar-refractivity contribution in [2.24, 2.45) is 11.5 Å². The molecular formula is C24H29N5O2. The van der Waals surface area contributed by atoms with Crippen LogP contribution in [0.15, 0.2) is 54.6 Å². The topological polar surface area (TPSA) is 99.5 Å². The standard InChI is InChI=1S/C24H29N5O2/c1-30-20-7-3-16(4-8-20)22-12-23(17-5-9-21(31-2)10-6-17)28-24(27-22)15-29-13-18(25)11-19(26)14-29/h3-10,12,18-19H,11,13-15,25-26H2,1-2H3/t18-,19+. The lowest BCUT2D eigenvalue weighted by Gasteiger charge is -2.34. The Kier molecular flexibility index (Phi) is 6.46. The summed E-state index contributed by atoms with van der Waals surface area (Å²) in [6.07, 6.45) is 0.848. The van der Waals surface area contributed by atoms with Crippen LogP contribution in [-0.2, 0) is 6.54 Å². The molecule has 1 aliphatic heterocycles.